The molecule has 4 nitrogen and oxygen atoms in total. The highest BCUT2D eigenvalue weighted by Gasteiger charge is 2.39. The molecule has 1 fully saturated rings. The van der Waals surface area contributed by atoms with Gasteiger partial charge in [0.25, 0.3) is 0 Å². The van der Waals surface area contributed by atoms with Crippen LogP contribution in [-0.4, -0.2) is 31.9 Å². The van der Waals surface area contributed by atoms with Gasteiger partial charge in [-0.25, -0.2) is 12.8 Å². The van der Waals surface area contributed by atoms with Crippen molar-refractivity contribution in [3.05, 3.63) is 64.9 Å². The highest BCUT2D eigenvalue weighted by Crippen LogP contribution is 2.32. The number of halogens is 3. The topological polar surface area (TPSA) is 63.4 Å². The second kappa shape index (κ2) is 7.37. The van der Waals surface area contributed by atoms with Crippen molar-refractivity contribution in [3.63, 3.8) is 0 Å². The lowest BCUT2D eigenvalue weighted by Crippen LogP contribution is -2.32. The zero-order valence-electron chi connectivity index (χ0n) is 12.6. The van der Waals surface area contributed by atoms with Crippen LogP contribution < -0.4 is 5.73 Å². The predicted octanol–water partition coefficient (Wildman–Crippen LogP) is 3.02. The molecule has 130 valence electrons. The van der Waals surface area contributed by atoms with E-state index in [1.165, 1.54) is 10.4 Å². The summed E-state index contributed by atoms with van der Waals surface area (Å²) in [5.74, 6) is -0.741. The average molecular weight is 391 g/mol. The zero-order valence-corrected chi connectivity index (χ0v) is 15.0. The summed E-state index contributed by atoms with van der Waals surface area (Å²) in [4.78, 5) is -0.222. The molecule has 2 N–H and O–H groups in total. The number of hydrogen-bond acceptors (Lipinski definition) is 3. The van der Waals surface area contributed by atoms with E-state index in [9.17, 15) is 12.8 Å². The summed E-state index contributed by atoms with van der Waals surface area (Å²) >= 11 is 5.95. The molecule has 0 amide bonds. The highest BCUT2D eigenvalue weighted by molar-refractivity contribution is 7.89. The molecule has 0 saturated carbocycles. The van der Waals surface area contributed by atoms with Crippen LogP contribution in [0.4, 0.5) is 4.39 Å². The van der Waals surface area contributed by atoms with E-state index in [0.29, 0.717) is 0 Å². The highest BCUT2D eigenvalue weighted by atomic mass is 35.5. The van der Waals surface area contributed by atoms with Gasteiger partial charge in [0.1, 0.15) is 10.7 Å². The molecule has 2 aromatic rings. The molecular formula is C16H17Cl2FN2O2S. The van der Waals surface area contributed by atoms with Gasteiger partial charge in [-0.05, 0) is 23.8 Å². The SMILES string of the molecule is Cl.N[C@@H]1CN(S(=O)(=O)c2cc(F)ccc2Cl)C[C@H]1c1ccccc1. The van der Waals surface area contributed by atoms with Crippen molar-refractivity contribution in [2.75, 3.05) is 13.1 Å². The minimum Gasteiger partial charge on any atom is -0.326 e. The lowest BCUT2D eigenvalue weighted by atomic mass is 9.95. The Hall–Kier alpha value is -1.18. The Labute approximate surface area is 151 Å². The molecule has 0 aromatic heterocycles. The third-order valence-corrected chi connectivity index (χ3v) is 6.38. The Bertz CT molecular complexity index is 818. The van der Waals surface area contributed by atoms with Gasteiger partial charge in [0.2, 0.25) is 10.0 Å². The molecule has 0 radical (unpaired) electrons. The van der Waals surface area contributed by atoms with Crippen molar-refractivity contribution in [1.29, 1.82) is 0 Å². The Balaban J connectivity index is 0.00000208. The molecule has 24 heavy (non-hydrogen) atoms. The largest absolute Gasteiger partial charge is 0.326 e. The van der Waals surface area contributed by atoms with Crippen LogP contribution in [0.3, 0.4) is 0 Å². The van der Waals surface area contributed by atoms with Crippen LogP contribution in [-0.2, 0) is 10.0 Å². The molecule has 1 aliphatic heterocycles. The van der Waals surface area contributed by atoms with Gasteiger partial charge in [-0.2, -0.15) is 4.31 Å². The van der Waals surface area contributed by atoms with Crippen LogP contribution in [0.1, 0.15) is 11.5 Å². The monoisotopic (exact) mass is 390 g/mol. The minimum atomic E-state index is -3.88. The normalized spacial score (nSPS) is 21.5. The van der Waals surface area contributed by atoms with E-state index < -0.39 is 15.8 Å². The lowest BCUT2D eigenvalue weighted by molar-refractivity contribution is 0.469. The van der Waals surface area contributed by atoms with E-state index in [1.807, 2.05) is 30.3 Å². The summed E-state index contributed by atoms with van der Waals surface area (Å²) in [5.41, 5.74) is 7.12. The maximum absolute atomic E-state index is 13.4. The van der Waals surface area contributed by atoms with Gasteiger partial charge in [0.05, 0.1) is 5.02 Å². The van der Waals surface area contributed by atoms with E-state index >= 15 is 0 Å². The number of rotatable bonds is 3. The number of nitrogens with two attached hydrogens (primary N) is 1. The molecule has 2 aromatic carbocycles. The standard InChI is InChI=1S/C16H16ClFN2O2S.ClH/c17-14-7-6-12(18)8-16(14)23(21,22)20-9-13(15(19)10-20)11-4-2-1-3-5-11;/h1-8,13,15H,9-10,19H2;1H/t13-,15+;/m0./s1. The summed E-state index contributed by atoms with van der Waals surface area (Å²) in [6.45, 7) is 0.426. The fraction of sp³-hybridized carbons (Fsp3) is 0.250. The van der Waals surface area contributed by atoms with Gasteiger partial charge >= 0.3 is 0 Å². The van der Waals surface area contributed by atoms with Crippen molar-refractivity contribution in [3.8, 4) is 0 Å². The van der Waals surface area contributed by atoms with Gasteiger partial charge in [0, 0.05) is 25.0 Å². The van der Waals surface area contributed by atoms with Crippen molar-refractivity contribution in [2.45, 2.75) is 16.9 Å². The van der Waals surface area contributed by atoms with Gasteiger partial charge in [-0.15, -0.1) is 12.4 Å². The van der Waals surface area contributed by atoms with E-state index in [4.69, 9.17) is 17.3 Å². The number of sulfonamides is 1. The first-order valence-electron chi connectivity index (χ1n) is 7.15. The van der Waals surface area contributed by atoms with Crippen LogP contribution in [0.5, 0.6) is 0 Å². The zero-order chi connectivity index (χ0) is 16.6. The fourth-order valence-corrected chi connectivity index (χ4v) is 4.84. The third-order valence-electron chi connectivity index (χ3n) is 4.07. The summed E-state index contributed by atoms with van der Waals surface area (Å²) in [6.07, 6.45) is 0. The average Bonchev–Trinajstić information content (AvgIpc) is 2.93. The Morgan fingerprint density at radius 1 is 1.12 bits per heavy atom. The van der Waals surface area contributed by atoms with Crippen LogP contribution in [0.2, 0.25) is 5.02 Å². The Morgan fingerprint density at radius 3 is 2.46 bits per heavy atom. The van der Waals surface area contributed by atoms with Crippen molar-refractivity contribution in [2.24, 2.45) is 5.73 Å². The fourth-order valence-electron chi connectivity index (χ4n) is 2.85. The Morgan fingerprint density at radius 2 is 1.79 bits per heavy atom. The maximum atomic E-state index is 13.4. The summed E-state index contributed by atoms with van der Waals surface area (Å²) in [6, 6.07) is 12.5. The first-order chi connectivity index (χ1) is 10.9. The quantitative estimate of drug-likeness (QED) is 0.875. The molecule has 3 rings (SSSR count). The van der Waals surface area contributed by atoms with Crippen LogP contribution in [0.15, 0.2) is 53.4 Å². The summed E-state index contributed by atoms with van der Waals surface area (Å²) in [5, 5.41) is 0.00290. The van der Waals surface area contributed by atoms with Crippen molar-refractivity contribution in [1.82, 2.24) is 4.31 Å². The van der Waals surface area contributed by atoms with Gasteiger partial charge in [0.15, 0.2) is 0 Å². The lowest BCUT2D eigenvalue weighted by Gasteiger charge is -2.17. The second-order valence-corrected chi connectivity index (χ2v) is 7.89. The minimum absolute atomic E-state index is 0. The van der Waals surface area contributed by atoms with Gasteiger partial charge in [-0.3, -0.25) is 0 Å². The van der Waals surface area contributed by atoms with Crippen molar-refractivity contribution < 1.29 is 12.8 Å². The van der Waals surface area contributed by atoms with Crippen LogP contribution >= 0.6 is 24.0 Å². The summed E-state index contributed by atoms with van der Waals surface area (Å²) in [7, 11) is -3.88. The second-order valence-electron chi connectivity index (χ2n) is 5.58. The Kier molecular flexibility index (Phi) is 5.88. The first-order valence-corrected chi connectivity index (χ1v) is 8.97. The maximum Gasteiger partial charge on any atom is 0.244 e. The first kappa shape index (κ1) is 19.1. The number of benzene rings is 2. The smallest absolute Gasteiger partial charge is 0.244 e. The van der Waals surface area contributed by atoms with E-state index in [2.05, 4.69) is 0 Å². The van der Waals surface area contributed by atoms with Crippen molar-refractivity contribution >= 4 is 34.0 Å². The van der Waals surface area contributed by atoms with Crippen LogP contribution in [0.25, 0.3) is 0 Å². The molecule has 0 unspecified atom stereocenters. The molecular weight excluding hydrogens is 374 g/mol. The molecule has 1 heterocycles. The predicted molar refractivity (Wildman–Crippen MR) is 94.6 cm³/mol. The van der Waals surface area contributed by atoms with Gasteiger partial charge < -0.3 is 5.73 Å². The third kappa shape index (κ3) is 3.58. The molecule has 0 aliphatic carbocycles. The molecule has 0 bridgehead atoms. The molecule has 8 heteroatoms. The molecule has 1 saturated heterocycles. The van der Waals surface area contributed by atoms with E-state index in [1.54, 1.807) is 0 Å². The number of hydrogen-bond donors (Lipinski definition) is 1. The summed E-state index contributed by atoms with van der Waals surface area (Å²) < 4.78 is 40.2. The van der Waals surface area contributed by atoms with Gasteiger partial charge in [-0.1, -0.05) is 41.9 Å². The van der Waals surface area contributed by atoms with E-state index in [-0.39, 0.29) is 47.4 Å². The molecule has 0 spiro atoms. The van der Waals surface area contributed by atoms with E-state index in [0.717, 1.165) is 17.7 Å². The van der Waals surface area contributed by atoms with Crippen LogP contribution in [0, 0.1) is 5.82 Å². The number of nitrogens with zero attached hydrogens (tertiary/aromatic N) is 1. The molecule has 2 atom stereocenters. The molecule has 1 aliphatic rings.